The Labute approximate surface area is 172 Å². The van der Waals surface area contributed by atoms with Crippen LogP contribution in [0, 0.1) is 6.92 Å². The number of nitrogens with zero attached hydrogens (tertiary/aromatic N) is 4. The molecule has 11 heteroatoms. The zero-order valence-electron chi connectivity index (χ0n) is 16.1. The van der Waals surface area contributed by atoms with Gasteiger partial charge in [-0.2, -0.15) is 23.1 Å². The van der Waals surface area contributed by atoms with Crippen molar-refractivity contribution in [2.45, 2.75) is 26.1 Å². The van der Waals surface area contributed by atoms with Gasteiger partial charge >= 0.3 is 12.1 Å². The van der Waals surface area contributed by atoms with Gasteiger partial charge in [0.15, 0.2) is 5.58 Å². The van der Waals surface area contributed by atoms with Crippen LogP contribution in [-0.4, -0.2) is 31.1 Å². The molecule has 0 aliphatic rings. The van der Waals surface area contributed by atoms with Gasteiger partial charge in [-0.1, -0.05) is 0 Å². The van der Waals surface area contributed by atoms with Crippen LogP contribution in [0.5, 0.6) is 5.75 Å². The molecule has 0 atom stereocenters. The molecule has 4 aromatic rings. The van der Waals surface area contributed by atoms with Crippen LogP contribution in [0.4, 0.5) is 13.2 Å². The molecule has 2 aromatic carbocycles. The van der Waals surface area contributed by atoms with E-state index in [1.807, 2.05) is 0 Å². The number of aliphatic carboxylic acids is 1. The lowest BCUT2D eigenvalue weighted by molar-refractivity contribution is -0.138. The highest BCUT2D eigenvalue weighted by Crippen LogP contribution is 2.29. The fourth-order valence-electron chi connectivity index (χ4n) is 2.84. The molecule has 0 radical (unpaired) electrons. The number of carboxylic acids is 1. The monoisotopic (exact) mass is 432 g/mol. The number of aryl methyl sites for hydroxylation is 1. The van der Waals surface area contributed by atoms with Crippen molar-refractivity contribution in [3.8, 4) is 11.4 Å². The lowest BCUT2D eigenvalue weighted by Gasteiger charge is -2.07. The summed E-state index contributed by atoms with van der Waals surface area (Å²) < 4.78 is 49.3. The van der Waals surface area contributed by atoms with Gasteiger partial charge in [-0.05, 0) is 43.3 Å². The third-order valence-corrected chi connectivity index (χ3v) is 4.39. The Hall–Kier alpha value is -3.89. The summed E-state index contributed by atoms with van der Waals surface area (Å²) in [6.07, 6.45) is -4.74. The molecule has 0 amide bonds. The molecule has 2 aromatic heterocycles. The Kier molecular flexibility index (Phi) is 5.09. The Balaban J connectivity index is 1.48. The van der Waals surface area contributed by atoms with Crippen LogP contribution in [0.1, 0.15) is 22.8 Å². The summed E-state index contributed by atoms with van der Waals surface area (Å²) in [5.41, 5.74) is 1.59. The second-order valence-electron chi connectivity index (χ2n) is 6.66. The molecule has 8 nitrogen and oxygen atoms in total. The molecular formula is C20H15F3N4O4. The number of carbonyl (C=O) groups is 1. The maximum atomic E-state index is 12.7. The molecule has 0 aliphatic heterocycles. The normalized spacial score (nSPS) is 11.7. The summed E-state index contributed by atoms with van der Waals surface area (Å²) in [6.45, 7) is 1.78. The minimum absolute atomic E-state index is 0.0636. The van der Waals surface area contributed by atoms with Crippen LogP contribution < -0.4 is 4.74 Å². The number of fused-ring (bicyclic) bond motifs is 1. The van der Waals surface area contributed by atoms with Crippen LogP contribution in [0.15, 0.2) is 46.9 Å². The van der Waals surface area contributed by atoms with Crippen LogP contribution >= 0.6 is 0 Å². The molecule has 0 saturated carbocycles. The minimum Gasteiger partial charge on any atom is -0.487 e. The van der Waals surface area contributed by atoms with Crippen LogP contribution in [-0.2, 0) is 24.0 Å². The van der Waals surface area contributed by atoms with E-state index in [1.54, 1.807) is 25.1 Å². The van der Waals surface area contributed by atoms with Gasteiger partial charge in [-0.25, -0.2) is 4.98 Å². The predicted molar refractivity (Wildman–Crippen MR) is 101 cm³/mol. The number of benzene rings is 2. The second-order valence-corrected chi connectivity index (χ2v) is 6.66. The first-order valence-electron chi connectivity index (χ1n) is 9.03. The largest absolute Gasteiger partial charge is 0.487 e. The van der Waals surface area contributed by atoms with Gasteiger partial charge < -0.3 is 14.3 Å². The van der Waals surface area contributed by atoms with Gasteiger partial charge in [0.05, 0.1) is 16.9 Å². The number of alkyl halides is 3. The van der Waals surface area contributed by atoms with E-state index in [0.29, 0.717) is 33.9 Å². The molecule has 0 spiro atoms. The van der Waals surface area contributed by atoms with Gasteiger partial charge in [0.25, 0.3) is 0 Å². The van der Waals surface area contributed by atoms with Crippen molar-refractivity contribution in [1.82, 2.24) is 20.0 Å². The molecule has 1 N–H and O–H groups in total. The summed E-state index contributed by atoms with van der Waals surface area (Å²) >= 11 is 0. The number of halogens is 3. The van der Waals surface area contributed by atoms with E-state index in [9.17, 15) is 18.0 Å². The molecule has 0 saturated heterocycles. The first kappa shape index (κ1) is 20.4. The smallest absolute Gasteiger partial charge is 0.416 e. The molecule has 160 valence electrons. The average Bonchev–Trinajstić information content (AvgIpc) is 3.27. The summed E-state index contributed by atoms with van der Waals surface area (Å²) in [5.74, 6) is -0.501. The summed E-state index contributed by atoms with van der Waals surface area (Å²) in [6, 6.07) is 9.41. The zero-order valence-corrected chi connectivity index (χ0v) is 16.1. The third kappa shape index (κ3) is 4.49. The van der Waals surface area contributed by atoms with Gasteiger partial charge in [0.1, 0.15) is 30.0 Å². The molecule has 0 bridgehead atoms. The Morgan fingerprint density at radius 1 is 1.16 bits per heavy atom. The van der Waals surface area contributed by atoms with Crippen LogP contribution in [0.25, 0.3) is 16.8 Å². The fourth-order valence-corrected chi connectivity index (χ4v) is 2.84. The molecular weight excluding hydrogens is 417 g/mol. The maximum Gasteiger partial charge on any atom is 0.416 e. The van der Waals surface area contributed by atoms with Crippen molar-refractivity contribution >= 4 is 17.1 Å². The first-order valence-corrected chi connectivity index (χ1v) is 9.03. The molecule has 0 fully saturated rings. The van der Waals surface area contributed by atoms with Gasteiger partial charge in [0.2, 0.25) is 5.89 Å². The Morgan fingerprint density at radius 2 is 1.90 bits per heavy atom. The summed E-state index contributed by atoms with van der Waals surface area (Å²) in [4.78, 5) is 16.1. The van der Waals surface area contributed by atoms with Crippen molar-refractivity contribution in [3.63, 3.8) is 0 Å². The number of aromatic nitrogens is 4. The highest BCUT2D eigenvalue weighted by atomic mass is 19.4. The van der Waals surface area contributed by atoms with Gasteiger partial charge in [0, 0.05) is 6.07 Å². The number of ether oxygens (including phenoxy) is 1. The van der Waals surface area contributed by atoms with E-state index in [2.05, 4.69) is 15.2 Å². The van der Waals surface area contributed by atoms with Crippen molar-refractivity contribution in [1.29, 1.82) is 0 Å². The zero-order chi connectivity index (χ0) is 22.2. The summed E-state index contributed by atoms with van der Waals surface area (Å²) in [7, 11) is 0. The van der Waals surface area contributed by atoms with Crippen LogP contribution in [0.2, 0.25) is 0 Å². The molecule has 2 heterocycles. The Morgan fingerprint density at radius 3 is 2.58 bits per heavy atom. The number of carboxylic acid groups (broad SMARTS) is 1. The lowest BCUT2D eigenvalue weighted by atomic mass is 10.2. The highest BCUT2D eigenvalue weighted by molar-refractivity contribution is 5.76. The number of hydrogen-bond acceptors (Lipinski definition) is 6. The topological polar surface area (TPSA) is 103 Å². The van der Waals surface area contributed by atoms with Gasteiger partial charge in [-0.15, -0.1) is 5.10 Å². The van der Waals surface area contributed by atoms with E-state index in [4.69, 9.17) is 14.3 Å². The minimum atomic E-state index is -4.41. The van der Waals surface area contributed by atoms with Gasteiger partial charge in [-0.3, -0.25) is 4.79 Å². The maximum absolute atomic E-state index is 12.7. The van der Waals surface area contributed by atoms with Crippen LogP contribution in [0.3, 0.4) is 0 Å². The third-order valence-electron chi connectivity index (χ3n) is 4.39. The standard InChI is InChI=1S/C20H15F3N4O4/c1-11-16(26-27(25-11)13-4-2-12(3-5-13)20(21,22)23)10-30-14-6-7-15-17(8-14)31-18(24-15)9-19(28)29/h2-8H,9-10H2,1H3,(H,28,29). The SMILES string of the molecule is Cc1nn(-c2ccc(C(F)(F)F)cc2)nc1COc1ccc2nc(CC(=O)O)oc2c1. The van der Waals surface area contributed by atoms with E-state index in [0.717, 1.165) is 12.1 Å². The molecule has 31 heavy (non-hydrogen) atoms. The number of rotatable bonds is 6. The first-order chi connectivity index (χ1) is 14.7. The van der Waals surface area contributed by atoms with E-state index in [1.165, 1.54) is 16.9 Å². The van der Waals surface area contributed by atoms with Crippen molar-refractivity contribution < 1.29 is 32.2 Å². The van der Waals surface area contributed by atoms with E-state index >= 15 is 0 Å². The average molecular weight is 432 g/mol. The van der Waals surface area contributed by atoms with Crippen molar-refractivity contribution in [2.24, 2.45) is 0 Å². The fraction of sp³-hybridized carbons (Fsp3) is 0.200. The molecule has 0 unspecified atom stereocenters. The molecule has 0 aliphatic carbocycles. The lowest BCUT2D eigenvalue weighted by Crippen LogP contribution is -2.06. The number of hydrogen-bond donors (Lipinski definition) is 1. The van der Waals surface area contributed by atoms with E-state index in [-0.39, 0.29) is 18.9 Å². The quantitative estimate of drug-likeness (QED) is 0.492. The molecule has 4 rings (SSSR count). The predicted octanol–water partition coefficient (Wildman–Crippen LogP) is 3.94. The Bertz CT molecular complexity index is 1250. The second kappa shape index (κ2) is 7.74. The van der Waals surface area contributed by atoms with Crippen molar-refractivity contribution in [3.05, 3.63) is 65.3 Å². The number of oxazole rings is 1. The van der Waals surface area contributed by atoms with Crippen molar-refractivity contribution in [2.75, 3.05) is 0 Å². The van der Waals surface area contributed by atoms with E-state index < -0.39 is 17.7 Å². The highest BCUT2D eigenvalue weighted by Gasteiger charge is 2.30. The summed E-state index contributed by atoms with van der Waals surface area (Å²) in [5, 5.41) is 17.3.